The van der Waals surface area contributed by atoms with Gasteiger partial charge in [0.2, 0.25) is 10.0 Å². The Labute approximate surface area is 350 Å². The lowest BCUT2D eigenvalue weighted by atomic mass is 9.86. The molecule has 0 aliphatic rings. The van der Waals surface area contributed by atoms with Gasteiger partial charge in [-0.15, -0.1) is 0 Å². The minimum atomic E-state index is -3.65. The number of ether oxygens (including phenoxy) is 6. The number of hydrogen-bond acceptors (Lipinski definition) is 11. The number of rotatable bonds is 19. The normalized spacial score (nSPS) is 11.8. The van der Waals surface area contributed by atoms with E-state index in [0.717, 1.165) is 33.8 Å². The summed E-state index contributed by atoms with van der Waals surface area (Å²) >= 11 is 0. The Hall–Kier alpha value is -6.10. The first-order valence-electron chi connectivity index (χ1n) is 19.0. The van der Waals surface area contributed by atoms with Crippen LogP contribution in [0.1, 0.15) is 51.4 Å². The molecule has 1 heterocycles. The smallest absolute Gasteiger partial charge is 0.335 e. The van der Waals surface area contributed by atoms with Gasteiger partial charge in [0, 0.05) is 41.2 Å². The van der Waals surface area contributed by atoms with Crippen molar-refractivity contribution in [3.8, 4) is 28.7 Å². The Morgan fingerprint density at radius 3 is 2.12 bits per heavy atom. The Morgan fingerprint density at radius 2 is 1.43 bits per heavy atom. The molecule has 0 atom stereocenters. The maximum atomic E-state index is 13.5. The molecule has 0 saturated carbocycles. The summed E-state index contributed by atoms with van der Waals surface area (Å²) in [5, 5.41) is 16.4. The highest BCUT2D eigenvalue weighted by molar-refractivity contribution is 7.92. The highest BCUT2D eigenvalue weighted by atomic mass is 32.2. The number of carboxylic acids is 1. The Kier molecular flexibility index (Phi) is 14.5. The second kappa shape index (κ2) is 19.3. The van der Waals surface area contributed by atoms with Crippen molar-refractivity contribution in [1.82, 2.24) is 4.98 Å². The largest absolute Gasteiger partial charge is 0.497 e. The quantitative estimate of drug-likeness (QED) is 0.0583. The Bertz CT molecular complexity index is 2430. The summed E-state index contributed by atoms with van der Waals surface area (Å²) in [7, 11) is -0.667. The van der Waals surface area contributed by atoms with Crippen LogP contribution in [0.2, 0.25) is 0 Å². The van der Waals surface area contributed by atoms with Crippen molar-refractivity contribution in [2.75, 3.05) is 62.3 Å². The number of carboxylic acid groups (broad SMARTS) is 1. The van der Waals surface area contributed by atoms with Gasteiger partial charge in [-0.2, -0.15) is 0 Å². The van der Waals surface area contributed by atoms with E-state index in [0.29, 0.717) is 35.1 Å². The maximum absolute atomic E-state index is 13.5. The molecule has 2 amide bonds. The van der Waals surface area contributed by atoms with E-state index < -0.39 is 27.6 Å². The van der Waals surface area contributed by atoms with E-state index in [1.165, 1.54) is 21.0 Å². The van der Waals surface area contributed by atoms with Crippen molar-refractivity contribution in [2.45, 2.75) is 52.1 Å². The average Bonchev–Trinajstić information content (AvgIpc) is 3.17. The molecule has 0 radical (unpaired) electrons. The zero-order valence-electron chi connectivity index (χ0n) is 35.0. The number of methoxy groups -OCH3 is 2. The van der Waals surface area contributed by atoms with Crippen LogP contribution >= 0.6 is 0 Å². The summed E-state index contributed by atoms with van der Waals surface area (Å²) < 4.78 is 61.2. The number of nitrogens with zero attached hydrogens (tertiary/aromatic N) is 1. The van der Waals surface area contributed by atoms with Crippen LogP contribution in [0.25, 0.3) is 10.8 Å². The third-order valence-electron chi connectivity index (χ3n) is 9.11. The third kappa shape index (κ3) is 12.5. The first kappa shape index (κ1) is 45.0. The topological polar surface area (TPSA) is 193 Å². The fraction of sp³-hybridized carbons (Fsp3) is 0.341. The summed E-state index contributed by atoms with van der Waals surface area (Å²) in [6.07, 6.45) is 3.17. The molecule has 0 fully saturated rings. The first-order valence-corrected chi connectivity index (χ1v) is 20.9. The second-order valence-electron chi connectivity index (χ2n) is 15.4. The van der Waals surface area contributed by atoms with Crippen molar-refractivity contribution in [1.29, 1.82) is 0 Å². The number of nitrogens with one attached hydrogen (secondary N) is 3. The minimum Gasteiger partial charge on any atom is -0.497 e. The lowest BCUT2D eigenvalue weighted by Gasteiger charge is -2.24. The first-order chi connectivity index (χ1) is 28.3. The standard InChI is InChI=1S/C44H52N4O11S/c1-43(2,3)29-24-37(40(55-7)38(25-29)48-60(8,52)53)47-42(51)46-36-13-14-39(35-12-10-9-11-34(35)36)59-31-15-16-45-30(26-31)21-28-22-32(54-6)27-33(23-28)57-19-17-56-18-20-58-44(4,5)41(49)50/h9-16,22-27,48H,17-21H2,1-8H3,(H,49,50)(H2,46,47,51). The monoisotopic (exact) mass is 844 g/mol. The van der Waals surface area contributed by atoms with Crippen molar-refractivity contribution in [3.63, 3.8) is 0 Å². The minimum absolute atomic E-state index is 0.137. The molecular weight excluding hydrogens is 793 g/mol. The van der Waals surface area contributed by atoms with Crippen molar-refractivity contribution < 1.29 is 51.5 Å². The highest BCUT2D eigenvalue weighted by Gasteiger charge is 2.27. The molecule has 0 unspecified atom stereocenters. The molecule has 4 aromatic carbocycles. The number of amides is 2. The number of carbonyl (C=O) groups is 2. The molecule has 320 valence electrons. The Balaban J connectivity index is 1.27. The summed E-state index contributed by atoms with van der Waals surface area (Å²) in [5.74, 6) is 1.43. The third-order valence-corrected chi connectivity index (χ3v) is 9.70. The predicted octanol–water partition coefficient (Wildman–Crippen LogP) is 8.22. The van der Waals surface area contributed by atoms with E-state index in [2.05, 4.69) is 20.3 Å². The van der Waals surface area contributed by atoms with Crippen LogP contribution in [-0.4, -0.2) is 83.0 Å². The van der Waals surface area contributed by atoms with Gasteiger partial charge in [-0.25, -0.2) is 18.0 Å². The number of fused-ring (bicyclic) bond motifs is 1. The number of hydrogen-bond donors (Lipinski definition) is 4. The van der Waals surface area contributed by atoms with E-state index in [1.807, 2.05) is 63.2 Å². The van der Waals surface area contributed by atoms with Gasteiger partial charge >= 0.3 is 12.0 Å². The van der Waals surface area contributed by atoms with Gasteiger partial charge in [-0.05, 0) is 72.9 Å². The molecule has 4 N–H and O–H groups in total. The summed E-state index contributed by atoms with van der Waals surface area (Å²) in [6.45, 7) is 9.80. The van der Waals surface area contributed by atoms with Crippen LogP contribution in [0, 0.1) is 0 Å². The zero-order chi connectivity index (χ0) is 43.7. The molecule has 1 aromatic heterocycles. The van der Waals surface area contributed by atoms with E-state index in [-0.39, 0.29) is 49.0 Å². The number of sulfonamides is 1. The summed E-state index contributed by atoms with van der Waals surface area (Å²) in [4.78, 5) is 29.3. The van der Waals surface area contributed by atoms with Gasteiger partial charge in [-0.3, -0.25) is 9.71 Å². The molecule has 0 spiro atoms. The SMILES string of the molecule is COc1cc(Cc2cc(Oc3ccc(NC(=O)Nc4cc(C(C)(C)C)cc(NS(C)(=O)=O)c4OC)c4ccccc34)ccn2)cc(OCCOCCOC(C)(C)C(=O)O)c1. The molecular formula is C44H52N4O11S. The predicted molar refractivity (Wildman–Crippen MR) is 231 cm³/mol. The fourth-order valence-corrected chi connectivity index (χ4v) is 6.57. The number of pyridine rings is 1. The lowest BCUT2D eigenvalue weighted by molar-refractivity contribution is -0.162. The second-order valence-corrected chi connectivity index (χ2v) is 17.1. The zero-order valence-corrected chi connectivity index (χ0v) is 35.8. The molecule has 0 bridgehead atoms. The number of benzene rings is 4. The van der Waals surface area contributed by atoms with E-state index >= 15 is 0 Å². The van der Waals surface area contributed by atoms with Gasteiger partial charge < -0.3 is 44.2 Å². The van der Waals surface area contributed by atoms with Gasteiger partial charge in [0.15, 0.2) is 11.4 Å². The number of aromatic nitrogens is 1. The highest BCUT2D eigenvalue weighted by Crippen LogP contribution is 2.40. The molecule has 0 saturated heterocycles. The van der Waals surface area contributed by atoms with Crippen molar-refractivity contribution in [2.24, 2.45) is 0 Å². The van der Waals surface area contributed by atoms with Crippen LogP contribution in [0.15, 0.2) is 85.1 Å². The van der Waals surface area contributed by atoms with Crippen LogP contribution in [0.4, 0.5) is 21.9 Å². The molecule has 5 rings (SSSR count). The van der Waals surface area contributed by atoms with Crippen LogP contribution in [0.5, 0.6) is 28.7 Å². The molecule has 15 nitrogen and oxygen atoms in total. The van der Waals surface area contributed by atoms with E-state index in [4.69, 9.17) is 33.5 Å². The van der Waals surface area contributed by atoms with Crippen molar-refractivity contribution in [3.05, 3.63) is 102 Å². The van der Waals surface area contributed by atoms with Crippen LogP contribution in [-0.2, 0) is 36.1 Å². The van der Waals surface area contributed by atoms with Gasteiger partial charge in [0.1, 0.15) is 29.6 Å². The number of aliphatic carboxylic acids is 1. The average molecular weight is 845 g/mol. The molecule has 60 heavy (non-hydrogen) atoms. The maximum Gasteiger partial charge on any atom is 0.335 e. The van der Waals surface area contributed by atoms with Gasteiger partial charge in [-0.1, -0.05) is 45.0 Å². The number of carbonyl (C=O) groups excluding carboxylic acids is 1. The van der Waals surface area contributed by atoms with Crippen LogP contribution < -0.4 is 34.3 Å². The van der Waals surface area contributed by atoms with Crippen molar-refractivity contribution >= 4 is 49.9 Å². The Morgan fingerprint density at radius 1 is 0.750 bits per heavy atom. The number of anilines is 3. The van der Waals surface area contributed by atoms with E-state index in [1.54, 1.807) is 49.7 Å². The van der Waals surface area contributed by atoms with E-state index in [9.17, 15) is 18.0 Å². The summed E-state index contributed by atoms with van der Waals surface area (Å²) in [6, 6.07) is 23.1. The molecule has 0 aliphatic carbocycles. The van der Waals surface area contributed by atoms with Crippen LogP contribution in [0.3, 0.4) is 0 Å². The molecule has 0 aliphatic heterocycles. The fourth-order valence-electron chi connectivity index (χ4n) is 6.02. The molecule has 5 aromatic rings. The van der Waals surface area contributed by atoms with Gasteiger partial charge in [0.25, 0.3) is 0 Å². The van der Waals surface area contributed by atoms with Gasteiger partial charge in [0.05, 0.1) is 57.4 Å². The molecule has 16 heteroatoms. The summed E-state index contributed by atoms with van der Waals surface area (Å²) in [5.41, 5.74) is 1.76. The number of urea groups is 1. The lowest BCUT2D eigenvalue weighted by Crippen LogP contribution is -2.35.